The summed E-state index contributed by atoms with van der Waals surface area (Å²) < 4.78 is 0. The highest BCUT2D eigenvalue weighted by Crippen LogP contribution is 2.31. The first-order valence-corrected chi connectivity index (χ1v) is 4.73. The number of ketones is 3. The molecule has 0 aliphatic heterocycles. The highest BCUT2D eigenvalue weighted by Gasteiger charge is 2.29. The van der Waals surface area contributed by atoms with Crippen molar-refractivity contribution in [3.63, 3.8) is 0 Å². The van der Waals surface area contributed by atoms with Gasteiger partial charge in [0.15, 0.2) is 0 Å². The van der Waals surface area contributed by atoms with Crippen molar-refractivity contribution in [1.82, 2.24) is 0 Å². The van der Waals surface area contributed by atoms with Crippen LogP contribution in [-0.2, 0) is 14.4 Å². The minimum absolute atomic E-state index is 0.0231. The number of rotatable bonds is 6. The van der Waals surface area contributed by atoms with E-state index < -0.39 is 5.41 Å². The summed E-state index contributed by atoms with van der Waals surface area (Å²) in [7, 11) is 0. The number of carbonyl (C=O) groups excluding carboxylic acids is 3. The van der Waals surface area contributed by atoms with Gasteiger partial charge in [-0.05, 0) is 26.2 Å². The SMILES string of the molecule is CC(=O)CC(C)(CC(C)=O)CC(C)=O. The Balaban J connectivity index is 4.56. The van der Waals surface area contributed by atoms with Gasteiger partial charge in [-0.25, -0.2) is 0 Å². The Bertz CT molecular complexity index is 212. The minimum Gasteiger partial charge on any atom is -0.300 e. The maximum Gasteiger partial charge on any atom is 0.130 e. The van der Waals surface area contributed by atoms with Gasteiger partial charge in [-0.15, -0.1) is 0 Å². The molecule has 0 atom stereocenters. The molecule has 0 aliphatic rings. The molecule has 0 rings (SSSR count). The van der Waals surface area contributed by atoms with Crippen molar-refractivity contribution in [1.29, 1.82) is 0 Å². The van der Waals surface area contributed by atoms with Crippen LogP contribution < -0.4 is 0 Å². The predicted molar refractivity (Wildman–Crippen MR) is 54.0 cm³/mol. The van der Waals surface area contributed by atoms with Crippen molar-refractivity contribution < 1.29 is 14.4 Å². The molecule has 0 heterocycles. The highest BCUT2D eigenvalue weighted by atomic mass is 16.1. The lowest BCUT2D eigenvalue weighted by Crippen LogP contribution is -2.25. The normalized spacial score (nSPS) is 11.1. The Morgan fingerprint density at radius 3 is 1.14 bits per heavy atom. The van der Waals surface area contributed by atoms with Crippen molar-refractivity contribution in [2.75, 3.05) is 0 Å². The van der Waals surface area contributed by atoms with Crippen LogP contribution in [0, 0.1) is 5.41 Å². The number of hydrogen-bond acceptors (Lipinski definition) is 3. The van der Waals surface area contributed by atoms with Gasteiger partial charge in [0.2, 0.25) is 0 Å². The van der Waals surface area contributed by atoms with E-state index in [1.165, 1.54) is 20.8 Å². The second kappa shape index (κ2) is 5.03. The lowest BCUT2D eigenvalue weighted by molar-refractivity contribution is -0.124. The molecule has 0 N–H and O–H groups in total. The van der Waals surface area contributed by atoms with Gasteiger partial charge in [0.1, 0.15) is 17.3 Å². The molecular weight excluding hydrogens is 180 g/mol. The molecule has 0 unspecified atom stereocenters. The molecule has 0 amide bonds. The topological polar surface area (TPSA) is 51.2 Å². The van der Waals surface area contributed by atoms with E-state index >= 15 is 0 Å². The van der Waals surface area contributed by atoms with Crippen LogP contribution in [0.4, 0.5) is 0 Å². The summed E-state index contributed by atoms with van der Waals surface area (Å²) in [6.07, 6.45) is 0.893. The largest absolute Gasteiger partial charge is 0.300 e. The van der Waals surface area contributed by atoms with E-state index in [4.69, 9.17) is 0 Å². The molecule has 0 aliphatic carbocycles. The third-order valence-corrected chi connectivity index (χ3v) is 2.03. The van der Waals surface area contributed by atoms with Crippen LogP contribution in [0.15, 0.2) is 0 Å². The molecule has 80 valence electrons. The van der Waals surface area contributed by atoms with Crippen molar-refractivity contribution in [3.8, 4) is 0 Å². The molecule has 0 aromatic carbocycles. The molecule has 0 saturated carbocycles. The van der Waals surface area contributed by atoms with Crippen LogP contribution >= 0.6 is 0 Å². The lowest BCUT2D eigenvalue weighted by Gasteiger charge is -2.26. The van der Waals surface area contributed by atoms with Gasteiger partial charge in [0, 0.05) is 19.3 Å². The average molecular weight is 198 g/mol. The van der Waals surface area contributed by atoms with E-state index in [-0.39, 0.29) is 17.3 Å². The van der Waals surface area contributed by atoms with E-state index in [9.17, 15) is 14.4 Å². The molecule has 0 spiro atoms. The molecule has 3 nitrogen and oxygen atoms in total. The second-order valence-corrected chi connectivity index (χ2v) is 4.45. The molecule has 0 bridgehead atoms. The first-order valence-electron chi connectivity index (χ1n) is 4.73. The maximum atomic E-state index is 11.0. The summed E-state index contributed by atoms with van der Waals surface area (Å²) in [6, 6.07) is 0. The zero-order valence-electron chi connectivity index (χ0n) is 9.35. The van der Waals surface area contributed by atoms with Crippen LogP contribution in [0.3, 0.4) is 0 Å². The van der Waals surface area contributed by atoms with Gasteiger partial charge in [0.05, 0.1) is 0 Å². The second-order valence-electron chi connectivity index (χ2n) is 4.45. The fourth-order valence-corrected chi connectivity index (χ4v) is 1.99. The third kappa shape index (κ3) is 5.62. The smallest absolute Gasteiger partial charge is 0.130 e. The van der Waals surface area contributed by atoms with Gasteiger partial charge in [-0.1, -0.05) is 6.92 Å². The van der Waals surface area contributed by atoms with Crippen molar-refractivity contribution in [2.45, 2.75) is 47.0 Å². The van der Waals surface area contributed by atoms with Crippen molar-refractivity contribution in [3.05, 3.63) is 0 Å². The molecule has 0 aromatic rings. The summed E-state index contributed by atoms with van der Waals surface area (Å²) in [4.78, 5) is 33.0. The zero-order chi connectivity index (χ0) is 11.4. The quantitative estimate of drug-likeness (QED) is 0.655. The lowest BCUT2D eigenvalue weighted by atomic mass is 9.77. The van der Waals surface area contributed by atoms with Gasteiger partial charge in [0.25, 0.3) is 0 Å². The monoisotopic (exact) mass is 198 g/mol. The molecule has 0 fully saturated rings. The van der Waals surface area contributed by atoms with E-state index in [0.29, 0.717) is 19.3 Å². The Labute approximate surface area is 84.9 Å². The zero-order valence-corrected chi connectivity index (χ0v) is 9.35. The summed E-state index contributed by atoms with van der Waals surface area (Å²) in [5, 5.41) is 0. The summed E-state index contributed by atoms with van der Waals surface area (Å²) in [5.74, 6) is 0.0694. The van der Waals surface area contributed by atoms with Crippen molar-refractivity contribution >= 4 is 17.3 Å². The predicted octanol–water partition coefficient (Wildman–Crippen LogP) is 1.93. The number of carbonyl (C=O) groups is 3. The van der Waals surface area contributed by atoms with E-state index in [1.54, 1.807) is 0 Å². The Morgan fingerprint density at radius 2 is 1.00 bits per heavy atom. The summed E-state index contributed by atoms with van der Waals surface area (Å²) in [5.41, 5.74) is -0.483. The summed E-state index contributed by atoms with van der Waals surface area (Å²) >= 11 is 0. The number of Topliss-reactive ketones (excluding diaryl/α,β-unsaturated/α-hetero) is 3. The third-order valence-electron chi connectivity index (χ3n) is 2.03. The van der Waals surface area contributed by atoms with Crippen molar-refractivity contribution in [2.24, 2.45) is 5.41 Å². The minimum atomic E-state index is -0.483. The van der Waals surface area contributed by atoms with Gasteiger partial charge < -0.3 is 14.4 Å². The van der Waals surface area contributed by atoms with Crippen LogP contribution in [0.5, 0.6) is 0 Å². The van der Waals surface area contributed by atoms with Crippen LogP contribution in [0.25, 0.3) is 0 Å². The van der Waals surface area contributed by atoms with Gasteiger partial charge >= 0.3 is 0 Å². The Hall–Kier alpha value is -0.990. The van der Waals surface area contributed by atoms with Crippen LogP contribution in [0.2, 0.25) is 0 Å². The fraction of sp³-hybridized carbons (Fsp3) is 0.727. The molecule has 0 saturated heterocycles. The van der Waals surface area contributed by atoms with Crippen LogP contribution in [-0.4, -0.2) is 17.3 Å². The Morgan fingerprint density at radius 1 is 0.786 bits per heavy atom. The average Bonchev–Trinajstić information content (AvgIpc) is 1.76. The molecule has 0 radical (unpaired) electrons. The van der Waals surface area contributed by atoms with Gasteiger partial charge in [-0.2, -0.15) is 0 Å². The highest BCUT2D eigenvalue weighted by molar-refractivity contribution is 5.83. The Kier molecular flexibility index (Phi) is 4.68. The molecule has 3 heteroatoms. The summed E-state index contributed by atoms with van der Waals surface area (Å²) in [6.45, 7) is 6.27. The van der Waals surface area contributed by atoms with E-state index in [1.807, 2.05) is 6.92 Å². The first kappa shape index (κ1) is 13.0. The number of hydrogen-bond donors (Lipinski definition) is 0. The molecule has 14 heavy (non-hydrogen) atoms. The standard InChI is InChI=1S/C11H18O3/c1-8(12)5-11(4,6-9(2)13)7-10(3)14/h5-7H2,1-4H3. The fourth-order valence-electron chi connectivity index (χ4n) is 1.99. The maximum absolute atomic E-state index is 11.0. The van der Waals surface area contributed by atoms with E-state index in [0.717, 1.165) is 0 Å². The first-order chi connectivity index (χ1) is 6.25. The van der Waals surface area contributed by atoms with Crippen LogP contribution in [0.1, 0.15) is 47.0 Å². The van der Waals surface area contributed by atoms with E-state index in [2.05, 4.69) is 0 Å². The molecule has 0 aromatic heterocycles. The van der Waals surface area contributed by atoms with Gasteiger partial charge in [-0.3, -0.25) is 0 Å². The molecular formula is C11H18O3.